The van der Waals surface area contributed by atoms with Crippen LogP contribution in [0, 0.1) is 11.8 Å². The molecule has 0 unspecified atom stereocenters. The van der Waals surface area contributed by atoms with Crippen LogP contribution in [0.25, 0.3) is 0 Å². The molecule has 1 aliphatic rings. The van der Waals surface area contributed by atoms with E-state index in [1.165, 1.54) is 0 Å². The van der Waals surface area contributed by atoms with Crippen LogP contribution >= 0.6 is 0 Å². The van der Waals surface area contributed by atoms with Crippen molar-refractivity contribution in [2.24, 2.45) is 11.8 Å². The molecule has 3 nitrogen and oxygen atoms in total. The predicted octanol–water partition coefficient (Wildman–Crippen LogP) is 2.26. The second-order valence-corrected chi connectivity index (χ2v) is 4.96. The summed E-state index contributed by atoms with van der Waals surface area (Å²) in [5, 5.41) is 12.0. The smallest absolute Gasteiger partial charge is 0.223 e. The first-order valence-electron chi connectivity index (χ1n) is 6.78. The SMILES string of the molecule is CCC=CCC(=O)NCC1CCC(CO)CC1. The molecule has 0 aromatic carbocycles. The van der Waals surface area contributed by atoms with Crippen LogP contribution in [0.1, 0.15) is 45.4 Å². The Kier molecular flexibility index (Phi) is 6.94. The van der Waals surface area contributed by atoms with Crippen LogP contribution in [-0.2, 0) is 4.79 Å². The van der Waals surface area contributed by atoms with Crippen LogP contribution in [-0.4, -0.2) is 24.2 Å². The number of aliphatic hydroxyl groups is 1. The van der Waals surface area contributed by atoms with Gasteiger partial charge in [0.05, 0.1) is 0 Å². The molecule has 0 atom stereocenters. The summed E-state index contributed by atoms with van der Waals surface area (Å²) in [7, 11) is 0. The van der Waals surface area contributed by atoms with E-state index in [1.807, 2.05) is 12.2 Å². The van der Waals surface area contributed by atoms with E-state index in [0.717, 1.165) is 38.6 Å². The van der Waals surface area contributed by atoms with Gasteiger partial charge in [0.25, 0.3) is 0 Å². The fraction of sp³-hybridized carbons (Fsp3) is 0.786. The minimum atomic E-state index is 0.124. The van der Waals surface area contributed by atoms with E-state index >= 15 is 0 Å². The maximum Gasteiger partial charge on any atom is 0.223 e. The first-order valence-corrected chi connectivity index (χ1v) is 6.78. The molecule has 3 heteroatoms. The molecule has 0 spiro atoms. The number of amides is 1. The zero-order valence-electron chi connectivity index (χ0n) is 10.8. The number of carbonyl (C=O) groups is 1. The molecular weight excluding hydrogens is 214 g/mol. The van der Waals surface area contributed by atoms with Crippen molar-refractivity contribution >= 4 is 5.91 Å². The molecule has 1 fully saturated rings. The summed E-state index contributed by atoms with van der Waals surface area (Å²) in [4.78, 5) is 11.5. The Morgan fingerprint density at radius 3 is 2.47 bits per heavy atom. The molecule has 0 aromatic heterocycles. The molecule has 2 N–H and O–H groups in total. The molecule has 0 aromatic rings. The molecule has 98 valence electrons. The molecule has 1 saturated carbocycles. The van der Waals surface area contributed by atoms with Gasteiger partial charge in [0.2, 0.25) is 5.91 Å². The molecule has 0 radical (unpaired) electrons. The summed E-state index contributed by atoms with van der Waals surface area (Å²) in [6, 6.07) is 0. The topological polar surface area (TPSA) is 49.3 Å². The van der Waals surface area contributed by atoms with Crippen LogP contribution in [0.5, 0.6) is 0 Å². The van der Waals surface area contributed by atoms with E-state index in [0.29, 0.717) is 24.9 Å². The third-order valence-electron chi connectivity index (χ3n) is 3.52. The Balaban J connectivity index is 2.10. The van der Waals surface area contributed by atoms with Gasteiger partial charge in [-0.05, 0) is 43.9 Å². The van der Waals surface area contributed by atoms with Crippen molar-refractivity contribution in [1.82, 2.24) is 5.32 Å². The van der Waals surface area contributed by atoms with Crippen molar-refractivity contribution < 1.29 is 9.90 Å². The maximum atomic E-state index is 11.5. The summed E-state index contributed by atoms with van der Waals surface area (Å²) in [6.45, 7) is 3.19. The fourth-order valence-electron chi connectivity index (χ4n) is 2.31. The molecule has 0 heterocycles. The lowest BCUT2D eigenvalue weighted by molar-refractivity contribution is -0.120. The summed E-state index contributed by atoms with van der Waals surface area (Å²) in [6.07, 6.45) is 9.91. The Bertz CT molecular complexity index is 243. The molecule has 1 rings (SSSR count). The Labute approximate surface area is 104 Å². The van der Waals surface area contributed by atoms with Crippen molar-refractivity contribution in [3.8, 4) is 0 Å². The van der Waals surface area contributed by atoms with Gasteiger partial charge >= 0.3 is 0 Å². The fourth-order valence-corrected chi connectivity index (χ4v) is 2.31. The lowest BCUT2D eigenvalue weighted by atomic mass is 9.82. The minimum Gasteiger partial charge on any atom is -0.396 e. The Morgan fingerprint density at radius 2 is 1.88 bits per heavy atom. The highest BCUT2D eigenvalue weighted by Gasteiger charge is 2.20. The second-order valence-electron chi connectivity index (χ2n) is 4.96. The average molecular weight is 239 g/mol. The van der Waals surface area contributed by atoms with Gasteiger partial charge in [0, 0.05) is 19.6 Å². The zero-order chi connectivity index (χ0) is 12.5. The third kappa shape index (κ3) is 5.87. The largest absolute Gasteiger partial charge is 0.396 e. The number of hydrogen-bond acceptors (Lipinski definition) is 2. The van der Waals surface area contributed by atoms with Crippen LogP contribution in [0.2, 0.25) is 0 Å². The standard InChI is InChI=1S/C14H25NO2/c1-2-3-4-5-14(17)15-10-12-6-8-13(11-16)9-7-12/h3-4,12-13,16H,2,5-11H2,1H3,(H,15,17). The van der Waals surface area contributed by atoms with Gasteiger partial charge in [0.15, 0.2) is 0 Å². The van der Waals surface area contributed by atoms with Gasteiger partial charge in [-0.3, -0.25) is 4.79 Å². The van der Waals surface area contributed by atoms with Crippen LogP contribution < -0.4 is 5.32 Å². The van der Waals surface area contributed by atoms with Gasteiger partial charge < -0.3 is 10.4 Å². The highest BCUT2D eigenvalue weighted by molar-refractivity contribution is 5.77. The molecule has 0 aliphatic heterocycles. The van der Waals surface area contributed by atoms with Gasteiger partial charge in [-0.15, -0.1) is 0 Å². The van der Waals surface area contributed by atoms with E-state index < -0.39 is 0 Å². The predicted molar refractivity (Wildman–Crippen MR) is 69.6 cm³/mol. The molecular formula is C14H25NO2. The molecule has 0 bridgehead atoms. The van der Waals surface area contributed by atoms with E-state index in [1.54, 1.807) is 0 Å². The summed E-state index contributed by atoms with van der Waals surface area (Å²) in [5.41, 5.74) is 0. The molecule has 17 heavy (non-hydrogen) atoms. The number of carbonyl (C=O) groups excluding carboxylic acids is 1. The average Bonchev–Trinajstić information content (AvgIpc) is 2.37. The first-order chi connectivity index (χ1) is 8.26. The van der Waals surface area contributed by atoms with Gasteiger partial charge in [-0.2, -0.15) is 0 Å². The number of aliphatic hydroxyl groups excluding tert-OH is 1. The highest BCUT2D eigenvalue weighted by Crippen LogP contribution is 2.27. The van der Waals surface area contributed by atoms with Crippen LogP contribution in [0.3, 0.4) is 0 Å². The Morgan fingerprint density at radius 1 is 1.24 bits per heavy atom. The normalized spacial score (nSPS) is 25.1. The molecule has 0 saturated heterocycles. The van der Waals surface area contributed by atoms with E-state index in [4.69, 9.17) is 5.11 Å². The summed E-state index contributed by atoms with van der Waals surface area (Å²) < 4.78 is 0. The maximum absolute atomic E-state index is 11.5. The number of allylic oxidation sites excluding steroid dienone is 1. The van der Waals surface area contributed by atoms with Gasteiger partial charge in [-0.1, -0.05) is 19.1 Å². The van der Waals surface area contributed by atoms with Crippen LogP contribution in [0.15, 0.2) is 12.2 Å². The van der Waals surface area contributed by atoms with Gasteiger partial charge in [-0.25, -0.2) is 0 Å². The van der Waals surface area contributed by atoms with Crippen molar-refractivity contribution in [2.75, 3.05) is 13.2 Å². The highest BCUT2D eigenvalue weighted by atomic mass is 16.3. The monoisotopic (exact) mass is 239 g/mol. The van der Waals surface area contributed by atoms with E-state index in [-0.39, 0.29) is 5.91 Å². The van der Waals surface area contributed by atoms with Crippen molar-refractivity contribution in [2.45, 2.75) is 45.4 Å². The second kappa shape index (κ2) is 8.29. The minimum absolute atomic E-state index is 0.124. The van der Waals surface area contributed by atoms with E-state index in [2.05, 4.69) is 12.2 Å². The summed E-state index contributed by atoms with van der Waals surface area (Å²) in [5.74, 6) is 1.23. The lowest BCUT2D eigenvalue weighted by Crippen LogP contribution is -2.31. The summed E-state index contributed by atoms with van der Waals surface area (Å²) >= 11 is 0. The first kappa shape index (κ1) is 14.2. The molecule has 1 amide bonds. The molecule has 1 aliphatic carbocycles. The number of nitrogens with one attached hydrogen (secondary N) is 1. The van der Waals surface area contributed by atoms with E-state index in [9.17, 15) is 4.79 Å². The van der Waals surface area contributed by atoms with Gasteiger partial charge in [0.1, 0.15) is 0 Å². The van der Waals surface area contributed by atoms with Crippen LogP contribution in [0.4, 0.5) is 0 Å². The van der Waals surface area contributed by atoms with Crippen molar-refractivity contribution in [1.29, 1.82) is 0 Å². The number of hydrogen-bond donors (Lipinski definition) is 2. The number of rotatable bonds is 6. The van der Waals surface area contributed by atoms with Crippen molar-refractivity contribution in [3.05, 3.63) is 12.2 Å². The third-order valence-corrected chi connectivity index (χ3v) is 3.52. The lowest BCUT2D eigenvalue weighted by Gasteiger charge is -2.27. The quantitative estimate of drug-likeness (QED) is 0.698. The Hall–Kier alpha value is -0.830. The van der Waals surface area contributed by atoms with Crippen molar-refractivity contribution in [3.63, 3.8) is 0 Å². The zero-order valence-corrected chi connectivity index (χ0v) is 10.8.